The van der Waals surface area contributed by atoms with Crippen molar-refractivity contribution >= 4 is 51.1 Å². The van der Waals surface area contributed by atoms with Gasteiger partial charge in [0.05, 0.1) is 13.3 Å². The summed E-state index contributed by atoms with van der Waals surface area (Å²) in [5.41, 5.74) is 4.47. The first-order chi connectivity index (χ1) is 12.5. The van der Waals surface area contributed by atoms with Crippen LogP contribution in [0.2, 0.25) is 5.02 Å². The molecule has 2 rings (SSSR count). The maximum atomic E-state index is 6.17. The Kier molecular flexibility index (Phi) is 8.15. The molecule has 0 spiro atoms. The summed E-state index contributed by atoms with van der Waals surface area (Å²) in [6.07, 6.45) is 1.65. The summed E-state index contributed by atoms with van der Waals surface area (Å²) in [4.78, 5) is 0. The lowest BCUT2D eigenvalue weighted by Gasteiger charge is -2.13. The van der Waals surface area contributed by atoms with Gasteiger partial charge in [0.15, 0.2) is 16.6 Å². The number of hydrogen-bond acceptors (Lipinski definition) is 4. The number of halogens is 2. The fraction of sp³-hybridized carbons (Fsp3) is 0.222. The minimum absolute atomic E-state index is 0.342. The Labute approximate surface area is 171 Å². The number of hydrazone groups is 1. The van der Waals surface area contributed by atoms with E-state index >= 15 is 0 Å². The van der Waals surface area contributed by atoms with Gasteiger partial charge < -0.3 is 14.8 Å². The number of benzene rings is 2. The third-order valence-electron chi connectivity index (χ3n) is 3.33. The van der Waals surface area contributed by atoms with Gasteiger partial charge in [-0.1, -0.05) is 29.8 Å². The fourth-order valence-corrected chi connectivity index (χ4v) is 2.87. The number of thiocarbonyl (C=S) groups is 1. The molecule has 0 heterocycles. The summed E-state index contributed by atoms with van der Waals surface area (Å²) in [6.45, 7) is 3.03. The second-order valence-electron chi connectivity index (χ2n) is 5.13. The van der Waals surface area contributed by atoms with Gasteiger partial charge in [0.25, 0.3) is 0 Å². The Morgan fingerprint density at radius 2 is 2.08 bits per heavy atom. The van der Waals surface area contributed by atoms with Crippen molar-refractivity contribution in [3.63, 3.8) is 0 Å². The van der Waals surface area contributed by atoms with Crippen molar-refractivity contribution in [2.45, 2.75) is 13.5 Å². The van der Waals surface area contributed by atoms with Crippen LogP contribution in [0, 0.1) is 0 Å². The molecule has 0 saturated carbocycles. The van der Waals surface area contributed by atoms with Gasteiger partial charge in [-0.15, -0.1) is 0 Å². The maximum absolute atomic E-state index is 6.17. The summed E-state index contributed by atoms with van der Waals surface area (Å²) >= 11 is 14.7. The van der Waals surface area contributed by atoms with Crippen LogP contribution in [0.25, 0.3) is 0 Å². The van der Waals surface area contributed by atoms with E-state index in [1.807, 2.05) is 43.3 Å². The fourth-order valence-electron chi connectivity index (χ4n) is 2.05. The molecule has 0 unspecified atom stereocenters. The van der Waals surface area contributed by atoms with Crippen LogP contribution >= 0.6 is 39.7 Å². The first-order valence-corrected chi connectivity index (χ1v) is 9.43. The van der Waals surface area contributed by atoms with Crippen molar-refractivity contribution in [3.8, 4) is 11.5 Å². The monoisotopic (exact) mass is 455 g/mol. The van der Waals surface area contributed by atoms with Crippen molar-refractivity contribution in [2.75, 3.05) is 13.7 Å². The molecule has 5 nitrogen and oxygen atoms in total. The molecule has 2 aromatic rings. The Balaban J connectivity index is 2.12. The second kappa shape index (κ2) is 10.4. The zero-order valence-electron chi connectivity index (χ0n) is 14.4. The molecule has 2 N–H and O–H groups in total. The van der Waals surface area contributed by atoms with Gasteiger partial charge in [-0.2, -0.15) is 5.10 Å². The first-order valence-electron chi connectivity index (χ1n) is 7.85. The van der Waals surface area contributed by atoms with Crippen LogP contribution in [-0.4, -0.2) is 25.0 Å². The number of ether oxygens (including phenoxy) is 2. The zero-order chi connectivity index (χ0) is 18.9. The van der Waals surface area contributed by atoms with E-state index in [2.05, 4.69) is 31.8 Å². The van der Waals surface area contributed by atoms with Gasteiger partial charge in [0, 0.05) is 27.2 Å². The Morgan fingerprint density at radius 3 is 2.77 bits per heavy atom. The van der Waals surface area contributed by atoms with Gasteiger partial charge in [-0.05, 0) is 53.3 Å². The van der Waals surface area contributed by atoms with E-state index in [-0.39, 0.29) is 0 Å². The zero-order valence-corrected chi connectivity index (χ0v) is 17.5. The minimum Gasteiger partial charge on any atom is -0.493 e. The Hall–Kier alpha value is -1.83. The molecule has 0 aromatic heterocycles. The van der Waals surface area contributed by atoms with E-state index in [0.717, 1.165) is 22.1 Å². The molecule has 8 heteroatoms. The summed E-state index contributed by atoms with van der Waals surface area (Å²) in [6, 6.07) is 11.2. The van der Waals surface area contributed by atoms with Crippen LogP contribution in [-0.2, 0) is 6.61 Å². The lowest BCUT2D eigenvalue weighted by atomic mass is 10.2. The predicted octanol–water partition coefficient (Wildman–Crippen LogP) is 4.51. The molecule has 0 atom stereocenters. The molecular weight excluding hydrogens is 438 g/mol. The smallest absolute Gasteiger partial charge is 0.186 e. The minimum atomic E-state index is 0.342. The summed E-state index contributed by atoms with van der Waals surface area (Å²) in [7, 11) is 1.59. The predicted molar refractivity (Wildman–Crippen MR) is 113 cm³/mol. The van der Waals surface area contributed by atoms with Gasteiger partial charge >= 0.3 is 0 Å². The highest BCUT2D eigenvalue weighted by atomic mass is 79.9. The second-order valence-corrected chi connectivity index (χ2v) is 6.80. The molecule has 0 aliphatic heterocycles. The van der Waals surface area contributed by atoms with Crippen LogP contribution in [0.5, 0.6) is 11.5 Å². The number of nitrogens with one attached hydrogen (secondary N) is 2. The molecule has 0 aliphatic carbocycles. The molecule has 0 saturated heterocycles. The molecule has 0 aliphatic rings. The molecule has 138 valence electrons. The van der Waals surface area contributed by atoms with Crippen molar-refractivity contribution in [1.82, 2.24) is 10.7 Å². The van der Waals surface area contributed by atoms with Crippen molar-refractivity contribution in [3.05, 3.63) is 57.0 Å². The number of rotatable bonds is 7. The lowest BCUT2D eigenvalue weighted by molar-refractivity contribution is 0.284. The van der Waals surface area contributed by atoms with E-state index in [1.165, 1.54) is 0 Å². The van der Waals surface area contributed by atoms with Crippen molar-refractivity contribution < 1.29 is 9.47 Å². The highest BCUT2D eigenvalue weighted by molar-refractivity contribution is 9.10. The van der Waals surface area contributed by atoms with Crippen LogP contribution in [0.15, 0.2) is 46.0 Å². The number of nitrogens with zero attached hydrogens (tertiary/aromatic N) is 1. The lowest BCUT2D eigenvalue weighted by Crippen LogP contribution is -2.31. The SMILES string of the molecule is CCNC(=S)NN=Cc1cc(OC)c(OCc2ccccc2Cl)cc1Br. The topological polar surface area (TPSA) is 54.9 Å². The van der Waals surface area contributed by atoms with E-state index in [1.54, 1.807) is 13.3 Å². The molecule has 0 amide bonds. The highest BCUT2D eigenvalue weighted by Gasteiger charge is 2.10. The van der Waals surface area contributed by atoms with Crippen LogP contribution in [0.4, 0.5) is 0 Å². The molecule has 0 fully saturated rings. The molecule has 0 bridgehead atoms. The molecular formula is C18H19BrClN3O2S. The van der Waals surface area contributed by atoms with E-state index in [0.29, 0.717) is 28.2 Å². The number of methoxy groups -OCH3 is 1. The average molecular weight is 457 g/mol. The molecule has 26 heavy (non-hydrogen) atoms. The van der Waals surface area contributed by atoms with Gasteiger partial charge in [0.2, 0.25) is 0 Å². The van der Waals surface area contributed by atoms with Crippen LogP contribution in [0.1, 0.15) is 18.1 Å². The first kappa shape index (κ1) is 20.5. The van der Waals surface area contributed by atoms with Crippen molar-refractivity contribution in [2.24, 2.45) is 5.10 Å². The Morgan fingerprint density at radius 1 is 1.31 bits per heavy atom. The number of hydrogen-bond donors (Lipinski definition) is 2. The quantitative estimate of drug-likeness (QED) is 0.365. The average Bonchev–Trinajstić information content (AvgIpc) is 2.62. The normalized spacial score (nSPS) is 10.6. The Bertz CT molecular complexity index is 802. The van der Waals surface area contributed by atoms with Crippen LogP contribution < -0.4 is 20.2 Å². The molecule has 0 radical (unpaired) electrons. The van der Waals surface area contributed by atoms with E-state index < -0.39 is 0 Å². The summed E-state index contributed by atoms with van der Waals surface area (Å²) < 4.78 is 12.1. The van der Waals surface area contributed by atoms with E-state index in [4.69, 9.17) is 33.3 Å². The van der Waals surface area contributed by atoms with Gasteiger partial charge in [-0.25, -0.2) is 0 Å². The summed E-state index contributed by atoms with van der Waals surface area (Å²) in [5, 5.41) is 8.19. The van der Waals surface area contributed by atoms with E-state index in [9.17, 15) is 0 Å². The largest absolute Gasteiger partial charge is 0.493 e. The highest BCUT2D eigenvalue weighted by Crippen LogP contribution is 2.33. The third-order valence-corrected chi connectivity index (χ3v) is 4.62. The maximum Gasteiger partial charge on any atom is 0.186 e. The standard InChI is InChI=1S/C18H19BrClN3O2S/c1-3-21-18(26)23-22-10-13-8-16(24-2)17(9-14(13)19)25-11-12-6-4-5-7-15(12)20/h4-10H,3,11H2,1-2H3,(H2,21,23,26). The molecule has 2 aromatic carbocycles. The van der Waals surface area contributed by atoms with Crippen LogP contribution in [0.3, 0.4) is 0 Å². The van der Waals surface area contributed by atoms with Crippen molar-refractivity contribution in [1.29, 1.82) is 0 Å². The van der Waals surface area contributed by atoms with Gasteiger partial charge in [-0.3, -0.25) is 5.43 Å². The third kappa shape index (κ3) is 5.86. The van der Waals surface area contributed by atoms with Gasteiger partial charge in [0.1, 0.15) is 6.61 Å². The summed E-state index contributed by atoms with van der Waals surface area (Å²) in [5.74, 6) is 1.20.